The molecule has 0 saturated carbocycles. The number of alkyl halides is 3. The summed E-state index contributed by atoms with van der Waals surface area (Å²) in [5, 5.41) is 12.5. The van der Waals surface area contributed by atoms with Crippen molar-refractivity contribution in [3.8, 4) is 0 Å². The molecule has 130 valence electrons. The number of aromatic nitrogens is 2. The Hall–Kier alpha value is -2.29. The van der Waals surface area contributed by atoms with E-state index in [1.165, 1.54) is 16.9 Å². The fourth-order valence-corrected chi connectivity index (χ4v) is 2.88. The van der Waals surface area contributed by atoms with Crippen molar-refractivity contribution in [2.75, 3.05) is 13.1 Å². The Morgan fingerprint density at radius 3 is 2.79 bits per heavy atom. The van der Waals surface area contributed by atoms with Crippen LogP contribution in [0.4, 0.5) is 13.2 Å². The summed E-state index contributed by atoms with van der Waals surface area (Å²) in [5.41, 5.74) is -0.892. The standard InChI is InChI=1S/C15H16F3N3O3/c16-15(17,18)13-5-7-21(19-13)10-2-1-6-20(8-10)9-11-3-4-12(24-11)14(22)23/h3-5,7,10H,1-2,6,8-9H2,(H,22,23). The predicted octanol–water partition coefficient (Wildman–Crippen LogP) is 3.03. The number of carbonyl (C=O) groups is 1. The first-order valence-corrected chi connectivity index (χ1v) is 7.49. The lowest BCUT2D eigenvalue weighted by atomic mass is 10.1. The molecule has 1 saturated heterocycles. The van der Waals surface area contributed by atoms with Crippen molar-refractivity contribution < 1.29 is 27.5 Å². The van der Waals surface area contributed by atoms with Gasteiger partial charge >= 0.3 is 12.1 Å². The SMILES string of the molecule is O=C(O)c1ccc(CN2CCCC(n3ccc(C(F)(F)F)n3)C2)o1. The molecule has 0 aliphatic carbocycles. The van der Waals surface area contributed by atoms with E-state index < -0.39 is 17.8 Å². The number of carboxylic acid groups (broad SMARTS) is 1. The number of hydrogen-bond acceptors (Lipinski definition) is 4. The Bertz CT molecular complexity index is 723. The van der Waals surface area contributed by atoms with Gasteiger partial charge in [-0.2, -0.15) is 18.3 Å². The van der Waals surface area contributed by atoms with Crippen LogP contribution in [-0.4, -0.2) is 38.8 Å². The van der Waals surface area contributed by atoms with Gasteiger partial charge in [0.15, 0.2) is 5.69 Å². The average molecular weight is 343 g/mol. The van der Waals surface area contributed by atoms with E-state index in [1.807, 2.05) is 4.90 Å². The highest BCUT2D eigenvalue weighted by molar-refractivity contribution is 5.84. The van der Waals surface area contributed by atoms with Crippen LogP contribution >= 0.6 is 0 Å². The molecule has 3 rings (SSSR count). The smallest absolute Gasteiger partial charge is 0.435 e. The molecular formula is C15H16F3N3O3. The van der Waals surface area contributed by atoms with Gasteiger partial charge < -0.3 is 9.52 Å². The van der Waals surface area contributed by atoms with Gasteiger partial charge in [-0.1, -0.05) is 0 Å². The van der Waals surface area contributed by atoms with Crippen LogP contribution in [-0.2, 0) is 12.7 Å². The Labute approximate surface area is 135 Å². The Morgan fingerprint density at radius 2 is 2.17 bits per heavy atom. The molecule has 1 aliphatic rings. The number of hydrogen-bond donors (Lipinski definition) is 1. The van der Waals surface area contributed by atoms with Crippen LogP contribution < -0.4 is 0 Å². The van der Waals surface area contributed by atoms with Gasteiger partial charge in [-0.25, -0.2) is 4.79 Å². The predicted molar refractivity (Wildman–Crippen MR) is 76.4 cm³/mol. The number of carboxylic acids is 1. The Balaban J connectivity index is 1.65. The maximum atomic E-state index is 12.7. The van der Waals surface area contributed by atoms with Gasteiger partial charge in [0, 0.05) is 12.7 Å². The lowest BCUT2D eigenvalue weighted by Crippen LogP contribution is -2.36. The van der Waals surface area contributed by atoms with Crippen LogP contribution in [0.3, 0.4) is 0 Å². The van der Waals surface area contributed by atoms with Gasteiger partial charge in [-0.05, 0) is 37.6 Å². The molecule has 0 amide bonds. The minimum absolute atomic E-state index is 0.125. The van der Waals surface area contributed by atoms with E-state index in [-0.39, 0.29) is 11.8 Å². The molecule has 6 nitrogen and oxygen atoms in total. The van der Waals surface area contributed by atoms with Crippen LogP contribution in [0.5, 0.6) is 0 Å². The van der Waals surface area contributed by atoms with E-state index in [0.717, 1.165) is 25.5 Å². The molecule has 0 radical (unpaired) electrons. The zero-order valence-corrected chi connectivity index (χ0v) is 12.7. The van der Waals surface area contributed by atoms with E-state index in [4.69, 9.17) is 9.52 Å². The normalized spacial score (nSPS) is 19.5. The van der Waals surface area contributed by atoms with E-state index in [2.05, 4.69) is 5.10 Å². The third-order valence-corrected chi connectivity index (χ3v) is 4.01. The third kappa shape index (κ3) is 3.61. The lowest BCUT2D eigenvalue weighted by Gasteiger charge is -2.32. The summed E-state index contributed by atoms with van der Waals surface area (Å²) in [6.07, 6.45) is -1.53. The summed E-state index contributed by atoms with van der Waals surface area (Å²) in [6.45, 7) is 1.71. The van der Waals surface area contributed by atoms with Crippen LogP contribution in [0.15, 0.2) is 28.8 Å². The van der Waals surface area contributed by atoms with E-state index in [0.29, 0.717) is 18.8 Å². The second kappa shape index (κ2) is 6.31. The zero-order valence-electron chi connectivity index (χ0n) is 12.7. The molecule has 2 aromatic rings. The second-order valence-electron chi connectivity index (χ2n) is 5.78. The summed E-state index contributed by atoms with van der Waals surface area (Å²) in [7, 11) is 0. The summed E-state index contributed by atoms with van der Waals surface area (Å²) >= 11 is 0. The number of likely N-dealkylation sites (tertiary alicyclic amines) is 1. The van der Waals surface area contributed by atoms with Crippen LogP contribution in [0, 0.1) is 0 Å². The highest BCUT2D eigenvalue weighted by Crippen LogP contribution is 2.29. The number of piperidine rings is 1. The van der Waals surface area contributed by atoms with Crippen LogP contribution in [0.25, 0.3) is 0 Å². The molecule has 2 aromatic heterocycles. The number of halogens is 3. The first kappa shape index (κ1) is 16.6. The summed E-state index contributed by atoms with van der Waals surface area (Å²) < 4.78 is 44.5. The maximum Gasteiger partial charge on any atom is 0.435 e. The van der Waals surface area contributed by atoms with Gasteiger partial charge in [-0.3, -0.25) is 9.58 Å². The van der Waals surface area contributed by atoms with Crippen molar-refractivity contribution in [3.05, 3.63) is 41.6 Å². The number of furan rings is 1. The van der Waals surface area contributed by atoms with Gasteiger partial charge in [-0.15, -0.1) is 0 Å². The van der Waals surface area contributed by atoms with E-state index in [9.17, 15) is 18.0 Å². The van der Waals surface area contributed by atoms with Crippen LogP contribution in [0.2, 0.25) is 0 Å². The number of aromatic carboxylic acids is 1. The first-order chi connectivity index (χ1) is 11.3. The summed E-state index contributed by atoms with van der Waals surface area (Å²) in [5.74, 6) is -0.737. The number of nitrogens with zero attached hydrogens (tertiary/aromatic N) is 3. The zero-order chi connectivity index (χ0) is 17.3. The molecule has 3 heterocycles. The highest BCUT2D eigenvalue weighted by Gasteiger charge is 2.34. The van der Waals surface area contributed by atoms with E-state index in [1.54, 1.807) is 6.07 Å². The fraction of sp³-hybridized carbons (Fsp3) is 0.467. The monoisotopic (exact) mass is 343 g/mol. The van der Waals surface area contributed by atoms with Crippen molar-refractivity contribution in [1.82, 2.24) is 14.7 Å². The maximum absolute atomic E-state index is 12.7. The first-order valence-electron chi connectivity index (χ1n) is 7.49. The van der Waals surface area contributed by atoms with Crippen LogP contribution in [0.1, 0.15) is 40.9 Å². The molecule has 1 unspecified atom stereocenters. The topological polar surface area (TPSA) is 71.5 Å². The fourth-order valence-electron chi connectivity index (χ4n) is 2.88. The van der Waals surface area contributed by atoms with Gasteiger partial charge in [0.1, 0.15) is 5.76 Å². The van der Waals surface area contributed by atoms with Crippen molar-refractivity contribution in [2.45, 2.75) is 31.6 Å². The van der Waals surface area contributed by atoms with Crippen molar-refractivity contribution >= 4 is 5.97 Å². The molecule has 1 N–H and O–H groups in total. The van der Waals surface area contributed by atoms with Crippen molar-refractivity contribution in [2.24, 2.45) is 0 Å². The Kier molecular flexibility index (Phi) is 4.35. The molecule has 24 heavy (non-hydrogen) atoms. The van der Waals surface area contributed by atoms with Crippen molar-refractivity contribution in [3.63, 3.8) is 0 Å². The second-order valence-corrected chi connectivity index (χ2v) is 5.78. The molecule has 9 heteroatoms. The quantitative estimate of drug-likeness (QED) is 0.924. The molecule has 0 aromatic carbocycles. The molecule has 1 fully saturated rings. The molecule has 0 spiro atoms. The van der Waals surface area contributed by atoms with Gasteiger partial charge in [0.05, 0.1) is 12.6 Å². The molecule has 1 aliphatic heterocycles. The van der Waals surface area contributed by atoms with E-state index >= 15 is 0 Å². The average Bonchev–Trinajstić information content (AvgIpc) is 3.16. The highest BCUT2D eigenvalue weighted by atomic mass is 19.4. The largest absolute Gasteiger partial charge is 0.475 e. The Morgan fingerprint density at radius 1 is 1.38 bits per heavy atom. The summed E-state index contributed by atoms with van der Waals surface area (Å²) in [6, 6.07) is 3.82. The lowest BCUT2D eigenvalue weighted by molar-refractivity contribution is -0.141. The molecular weight excluding hydrogens is 327 g/mol. The minimum Gasteiger partial charge on any atom is -0.475 e. The van der Waals surface area contributed by atoms with Gasteiger partial charge in [0.2, 0.25) is 5.76 Å². The van der Waals surface area contributed by atoms with Crippen molar-refractivity contribution in [1.29, 1.82) is 0 Å². The minimum atomic E-state index is -4.44. The van der Waals surface area contributed by atoms with Gasteiger partial charge in [0.25, 0.3) is 0 Å². The third-order valence-electron chi connectivity index (χ3n) is 4.01. The summed E-state index contributed by atoms with van der Waals surface area (Å²) in [4.78, 5) is 12.8. The molecule has 1 atom stereocenters. The molecule has 0 bridgehead atoms. The number of rotatable bonds is 4.